The van der Waals surface area contributed by atoms with Crippen LogP contribution < -0.4 is 0 Å². The van der Waals surface area contributed by atoms with E-state index in [0.717, 1.165) is 20.6 Å². The van der Waals surface area contributed by atoms with Crippen LogP contribution in [-0.2, 0) is 22.9 Å². The van der Waals surface area contributed by atoms with E-state index in [-0.39, 0.29) is 6.42 Å². The van der Waals surface area contributed by atoms with Crippen LogP contribution >= 0.6 is 7.82 Å². The number of alkyl halides is 1. The molecule has 102 valence electrons. The van der Waals surface area contributed by atoms with Crippen molar-refractivity contribution in [2.45, 2.75) is 38.8 Å². The van der Waals surface area contributed by atoms with Crippen molar-refractivity contribution >= 4 is 13.6 Å². The number of hydrogen-bond donors (Lipinski definition) is 0. The fourth-order valence-corrected chi connectivity index (χ4v) is 1.75. The Hall–Kier alpha value is -0.290. The van der Waals surface area contributed by atoms with Gasteiger partial charge in [-0.3, -0.25) is 18.4 Å². The van der Waals surface area contributed by atoms with Crippen LogP contribution in [0.2, 0.25) is 0 Å². The van der Waals surface area contributed by atoms with Crippen molar-refractivity contribution in [3.63, 3.8) is 0 Å². The molecule has 0 N–H and O–H groups in total. The number of unbranched alkanes of at least 4 members (excludes halogenated alkanes) is 1. The Morgan fingerprint density at radius 1 is 1.35 bits per heavy atom. The maximum Gasteiger partial charge on any atom is 0.474 e. The zero-order valence-electron chi connectivity index (χ0n) is 10.7. The fourth-order valence-electron chi connectivity index (χ4n) is 1.12. The molecule has 17 heavy (non-hydrogen) atoms. The lowest BCUT2D eigenvalue weighted by molar-refractivity contribution is -0.132. The molecule has 0 radical (unpaired) electrons. The van der Waals surface area contributed by atoms with Gasteiger partial charge in [-0.05, 0) is 13.3 Å². The summed E-state index contributed by atoms with van der Waals surface area (Å²) in [5, 5.41) is 0. The zero-order chi connectivity index (χ0) is 13.5. The Bertz CT molecular complexity index is 284. The Balaban J connectivity index is 4.30. The molecule has 0 unspecified atom stereocenters. The van der Waals surface area contributed by atoms with Crippen molar-refractivity contribution in [1.82, 2.24) is 0 Å². The van der Waals surface area contributed by atoms with Gasteiger partial charge in [0, 0.05) is 14.2 Å². The summed E-state index contributed by atoms with van der Waals surface area (Å²) < 4.78 is 38.9. The summed E-state index contributed by atoms with van der Waals surface area (Å²) in [4.78, 5) is 11.5. The highest BCUT2D eigenvalue weighted by Crippen LogP contribution is 2.47. The number of halogens is 1. The van der Waals surface area contributed by atoms with Gasteiger partial charge in [-0.2, -0.15) is 0 Å². The van der Waals surface area contributed by atoms with Gasteiger partial charge in [0.2, 0.25) is 0 Å². The molecule has 0 spiro atoms. The van der Waals surface area contributed by atoms with Crippen molar-refractivity contribution in [3.05, 3.63) is 0 Å². The number of carbonyl (C=O) groups excluding carboxylic acids is 1. The molecule has 1 atom stereocenters. The summed E-state index contributed by atoms with van der Waals surface area (Å²) in [6.07, 6.45) is 1.52. The largest absolute Gasteiger partial charge is 0.474 e. The zero-order valence-corrected chi connectivity index (χ0v) is 11.6. The smallest absolute Gasteiger partial charge is 0.293 e. The van der Waals surface area contributed by atoms with Crippen molar-refractivity contribution < 1.29 is 27.3 Å². The molecular weight excluding hydrogens is 250 g/mol. The van der Waals surface area contributed by atoms with Gasteiger partial charge in [-0.15, -0.1) is 0 Å². The maximum atomic E-state index is 13.9. The molecule has 0 saturated heterocycles. The van der Waals surface area contributed by atoms with E-state index in [2.05, 4.69) is 13.6 Å². The molecule has 0 aliphatic heterocycles. The highest BCUT2D eigenvalue weighted by atomic mass is 31.2. The lowest BCUT2D eigenvalue weighted by atomic mass is 9.97. The van der Waals surface area contributed by atoms with Crippen LogP contribution in [0.25, 0.3) is 0 Å². The highest BCUT2D eigenvalue weighted by molar-refractivity contribution is 7.48. The summed E-state index contributed by atoms with van der Waals surface area (Å²) in [7, 11) is -1.47. The second-order valence-corrected chi connectivity index (χ2v) is 5.69. The number of phosphoric acid groups is 1. The summed E-state index contributed by atoms with van der Waals surface area (Å²) >= 11 is 0. The molecule has 0 aromatic carbocycles. The van der Waals surface area contributed by atoms with Gasteiger partial charge in [0.05, 0.1) is 0 Å². The molecule has 0 bridgehead atoms. The Labute approximate surface area is 101 Å². The molecule has 0 amide bonds. The first-order valence-electron chi connectivity index (χ1n) is 5.39. The molecule has 7 heteroatoms. The van der Waals surface area contributed by atoms with E-state index in [1.165, 1.54) is 6.92 Å². The molecule has 0 aliphatic carbocycles. The van der Waals surface area contributed by atoms with E-state index in [1.807, 2.05) is 6.92 Å². The minimum absolute atomic E-state index is 0.121. The third-order valence-electron chi connectivity index (χ3n) is 2.38. The first kappa shape index (κ1) is 16.7. The van der Waals surface area contributed by atoms with Crippen molar-refractivity contribution in [2.75, 3.05) is 20.8 Å². The van der Waals surface area contributed by atoms with Gasteiger partial charge < -0.3 is 0 Å². The second-order valence-electron chi connectivity index (χ2n) is 3.81. The molecule has 0 rings (SSSR count). The van der Waals surface area contributed by atoms with Gasteiger partial charge >= 0.3 is 7.82 Å². The number of Topliss-reactive ketones (excluding diaryl/α,β-unsaturated/α-hetero) is 1. The third-order valence-corrected chi connectivity index (χ3v) is 3.72. The van der Waals surface area contributed by atoms with E-state index < -0.39 is 25.9 Å². The van der Waals surface area contributed by atoms with Crippen molar-refractivity contribution in [1.29, 1.82) is 0 Å². The Morgan fingerprint density at radius 2 is 1.88 bits per heavy atom. The van der Waals surface area contributed by atoms with E-state index in [4.69, 9.17) is 0 Å². The van der Waals surface area contributed by atoms with Crippen LogP contribution in [-0.4, -0.2) is 32.3 Å². The molecule has 0 heterocycles. The number of rotatable bonds is 9. The maximum absolute atomic E-state index is 13.9. The van der Waals surface area contributed by atoms with Crippen LogP contribution in [0, 0.1) is 0 Å². The first-order chi connectivity index (χ1) is 7.81. The van der Waals surface area contributed by atoms with E-state index in [0.29, 0.717) is 6.42 Å². The lowest BCUT2D eigenvalue weighted by Gasteiger charge is -2.19. The van der Waals surface area contributed by atoms with Gasteiger partial charge in [-0.25, -0.2) is 8.96 Å². The number of carbonyl (C=O) groups is 1. The summed E-state index contributed by atoms with van der Waals surface area (Å²) in [6.45, 7) is 2.47. The molecule has 5 nitrogen and oxygen atoms in total. The van der Waals surface area contributed by atoms with E-state index >= 15 is 0 Å². The first-order valence-corrected chi connectivity index (χ1v) is 6.85. The monoisotopic (exact) mass is 270 g/mol. The molecule has 0 aliphatic rings. The van der Waals surface area contributed by atoms with Gasteiger partial charge in [0.15, 0.2) is 11.5 Å². The van der Waals surface area contributed by atoms with Crippen LogP contribution in [0.1, 0.15) is 33.1 Å². The summed E-state index contributed by atoms with van der Waals surface area (Å²) in [5.74, 6) is -0.764. The van der Waals surface area contributed by atoms with Crippen molar-refractivity contribution in [3.8, 4) is 0 Å². The number of ketones is 1. The Kier molecular flexibility index (Phi) is 7.09. The normalized spacial score (nSPS) is 15.6. The Morgan fingerprint density at radius 3 is 2.29 bits per heavy atom. The quantitative estimate of drug-likeness (QED) is 0.603. The molecule has 0 aromatic rings. The standard InChI is InChI=1S/C10H20FO5P/c1-5-6-7-10(2,11)9(12)8-16-17(13,14-3)15-4/h5-8H2,1-4H3/t10-/m1/s1. The van der Waals surface area contributed by atoms with Gasteiger partial charge in [-0.1, -0.05) is 19.8 Å². The number of phosphoric ester groups is 1. The predicted octanol–water partition coefficient (Wildman–Crippen LogP) is 2.89. The number of hydrogen-bond acceptors (Lipinski definition) is 5. The van der Waals surface area contributed by atoms with Gasteiger partial charge in [0.1, 0.15) is 6.61 Å². The molecule has 0 fully saturated rings. The molecule has 0 aromatic heterocycles. The van der Waals surface area contributed by atoms with Crippen LogP contribution in [0.3, 0.4) is 0 Å². The third kappa shape index (κ3) is 5.73. The SMILES string of the molecule is CCCC[C@@](C)(F)C(=O)COP(=O)(OC)OC. The van der Waals surface area contributed by atoms with Crippen LogP contribution in [0.5, 0.6) is 0 Å². The van der Waals surface area contributed by atoms with Crippen LogP contribution in [0.4, 0.5) is 4.39 Å². The second kappa shape index (κ2) is 7.21. The fraction of sp³-hybridized carbons (Fsp3) is 0.900. The van der Waals surface area contributed by atoms with E-state index in [9.17, 15) is 13.8 Å². The minimum atomic E-state index is -3.72. The average Bonchev–Trinajstić information content (AvgIpc) is 2.33. The summed E-state index contributed by atoms with van der Waals surface area (Å²) in [5.41, 5.74) is -1.97. The minimum Gasteiger partial charge on any atom is -0.293 e. The van der Waals surface area contributed by atoms with Gasteiger partial charge in [0.25, 0.3) is 0 Å². The average molecular weight is 270 g/mol. The summed E-state index contributed by atoms with van der Waals surface area (Å²) in [6, 6.07) is 0. The topological polar surface area (TPSA) is 61.8 Å². The van der Waals surface area contributed by atoms with E-state index in [1.54, 1.807) is 0 Å². The molecular formula is C10H20FO5P. The van der Waals surface area contributed by atoms with Crippen molar-refractivity contribution in [2.24, 2.45) is 0 Å². The highest BCUT2D eigenvalue weighted by Gasteiger charge is 2.34. The van der Waals surface area contributed by atoms with Crippen LogP contribution in [0.15, 0.2) is 0 Å². The molecule has 0 saturated carbocycles. The lowest BCUT2D eigenvalue weighted by Crippen LogP contribution is -2.33. The predicted molar refractivity (Wildman–Crippen MR) is 61.6 cm³/mol.